The van der Waals surface area contributed by atoms with Gasteiger partial charge in [0, 0.05) is 11.6 Å². The van der Waals surface area contributed by atoms with Gasteiger partial charge in [-0.25, -0.2) is 21.6 Å². The molecular weight excluding hydrogens is 484 g/mol. The molecule has 1 aliphatic rings. The zero-order valence-electron chi connectivity index (χ0n) is 16.1. The first-order valence-electron chi connectivity index (χ1n) is 9.30. The minimum absolute atomic E-state index is 0.0422. The molecule has 2 aromatic rings. The topological polar surface area (TPSA) is 63.2 Å². The highest BCUT2D eigenvalue weighted by Gasteiger charge is 2.48. The molecule has 0 radical (unpaired) electrons. The number of alkyl halides is 4. The number of carbonyl (C=O) groups is 1. The van der Waals surface area contributed by atoms with Gasteiger partial charge in [-0.15, -0.1) is 0 Å². The van der Waals surface area contributed by atoms with Crippen molar-refractivity contribution >= 4 is 27.3 Å². The average Bonchev–Trinajstić information content (AvgIpc) is 2.70. The molecule has 4 nitrogen and oxygen atoms in total. The molecule has 0 bridgehead atoms. The van der Waals surface area contributed by atoms with Crippen molar-refractivity contribution in [1.29, 1.82) is 0 Å². The van der Waals surface area contributed by atoms with E-state index in [1.54, 1.807) is 0 Å². The minimum Gasteiger partial charge on any atom is -0.349 e. The molecule has 1 amide bonds. The lowest BCUT2D eigenvalue weighted by Gasteiger charge is -2.34. The number of sulfone groups is 1. The second kappa shape index (κ2) is 8.58. The summed E-state index contributed by atoms with van der Waals surface area (Å²) in [5, 5.41) is -0.642. The zero-order chi connectivity index (χ0) is 23.9. The van der Waals surface area contributed by atoms with E-state index in [2.05, 4.69) is 5.32 Å². The highest BCUT2D eigenvalue weighted by Crippen LogP contribution is 2.42. The molecule has 1 fully saturated rings. The van der Waals surface area contributed by atoms with E-state index < -0.39 is 67.9 Å². The van der Waals surface area contributed by atoms with Gasteiger partial charge in [0.05, 0.1) is 15.5 Å². The van der Waals surface area contributed by atoms with Crippen LogP contribution < -0.4 is 5.32 Å². The Morgan fingerprint density at radius 2 is 1.69 bits per heavy atom. The van der Waals surface area contributed by atoms with Gasteiger partial charge < -0.3 is 5.32 Å². The van der Waals surface area contributed by atoms with Crippen LogP contribution in [0.3, 0.4) is 0 Å². The molecule has 0 aliphatic heterocycles. The van der Waals surface area contributed by atoms with Crippen LogP contribution in [0.15, 0.2) is 41.3 Å². The summed E-state index contributed by atoms with van der Waals surface area (Å²) in [6.07, 6.45) is -6.54. The molecule has 0 spiro atoms. The van der Waals surface area contributed by atoms with Crippen LogP contribution in [-0.4, -0.2) is 25.4 Å². The van der Waals surface area contributed by atoms with E-state index >= 15 is 4.39 Å². The summed E-state index contributed by atoms with van der Waals surface area (Å²) in [5.74, 6) is -2.81. The fourth-order valence-electron chi connectivity index (χ4n) is 3.46. The zero-order valence-corrected chi connectivity index (χ0v) is 17.7. The van der Waals surface area contributed by atoms with Crippen LogP contribution in [0, 0.1) is 11.6 Å². The Morgan fingerprint density at radius 1 is 1.06 bits per heavy atom. The number of rotatable bonds is 4. The van der Waals surface area contributed by atoms with Gasteiger partial charge in [-0.1, -0.05) is 11.6 Å². The molecule has 2 aromatic carbocycles. The van der Waals surface area contributed by atoms with E-state index in [0.29, 0.717) is 6.07 Å². The lowest BCUT2D eigenvalue weighted by molar-refractivity contribution is -0.137. The second-order valence-electron chi connectivity index (χ2n) is 7.44. The number of hydrogen-bond donors (Lipinski definition) is 1. The maximum atomic E-state index is 15.4. The molecule has 0 heterocycles. The molecule has 1 saturated carbocycles. The molecule has 174 valence electrons. The van der Waals surface area contributed by atoms with Crippen molar-refractivity contribution in [2.24, 2.45) is 0 Å². The molecule has 0 atom stereocenters. The van der Waals surface area contributed by atoms with E-state index in [4.69, 9.17) is 11.6 Å². The second-order valence-corrected chi connectivity index (χ2v) is 10.1. The SMILES string of the molecule is O=C(N[C@H]1CC[C@](F)(S(=O)(=O)c2cc(F)cc(C(F)(F)F)c2)CC1)c1ccc(F)c(Cl)c1. The van der Waals surface area contributed by atoms with Crippen LogP contribution in [-0.2, 0) is 16.0 Å². The predicted molar refractivity (Wildman–Crippen MR) is 104 cm³/mol. The maximum Gasteiger partial charge on any atom is 0.416 e. The van der Waals surface area contributed by atoms with Crippen molar-refractivity contribution in [3.63, 3.8) is 0 Å². The summed E-state index contributed by atoms with van der Waals surface area (Å²) in [7, 11) is -4.96. The summed E-state index contributed by atoms with van der Waals surface area (Å²) in [6, 6.07) is 3.31. The predicted octanol–water partition coefficient (Wildman–Crippen LogP) is 5.45. The van der Waals surface area contributed by atoms with Gasteiger partial charge >= 0.3 is 6.18 Å². The Bertz CT molecular complexity index is 1140. The van der Waals surface area contributed by atoms with Crippen molar-refractivity contribution in [3.8, 4) is 0 Å². The maximum absolute atomic E-state index is 15.4. The van der Waals surface area contributed by atoms with Crippen LogP contribution in [0.25, 0.3) is 0 Å². The Labute approximate surface area is 184 Å². The summed E-state index contributed by atoms with van der Waals surface area (Å²) in [6.45, 7) is 0. The van der Waals surface area contributed by atoms with Crippen molar-refractivity contribution in [3.05, 3.63) is 64.2 Å². The summed E-state index contributed by atoms with van der Waals surface area (Å²) in [5.41, 5.74) is -1.50. The number of amides is 1. The monoisotopic (exact) mass is 499 g/mol. The average molecular weight is 500 g/mol. The number of carbonyl (C=O) groups excluding carboxylic acids is 1. The highest BCUT2D eigenvalue weighted by molar-refractivity contribution is 7.92. The van der Waals surface area contributed by atoms with E-state index in [9.17, 15) is 35.2 Å². The Kier molecular flexibility index (Phi) is 6.54. The number of halogens is 7. The summed E-state index contributed by atoms with van der Waals surface area (Å²) >= 11 is 5.63. The van der Waals surface area contributed by atoms with E-state index in [1.807, 2.05) is 0 Å². The highest BCUT2D eigenvalue weighted by atomic mass is 35.5. The Balaban J connectivity index is 1.74. The van der Waals surface area contributed by atoms with E-state index in [1.165, 1.54) is 6.07 Å². The van der Waals surface area contributed by atoms with E-state index in [-0.39, 0.29) is 35.6 Å². The van der Waals surface area contributed by atoms with E-state index in [0.717, 1.165) is 12.1 Å². The number of nitrogens with one attached hydrogen (secondary N) is 1. The Morgan fingerprint density at radius 3 is 2.25 bits per heavy atom. The molecule has 0 aromatic heterocycles. The molecule has 3 rings (SSSR count). The van der Waals surface area contributed by atoms with Crippen LogP contribution in [0.1, 0.15) is 41.6 Å². The summed E-state index contributed by atoms with van der Waals surface area (Å²) < 4.78 is 106. The molecule has 1 N–H and O–H groups in total. The molecule has 1 aliphatic carbocycles. The van der Waals surface area contributed by atoms with Crippen molar-refractivity contribution in [2.45, 2.75) is 47.8 Å². The van der Waals surface area contributed by atoms with Gasteiger partial charge in [0.2, 0.25) is 14.8 Å². The molecular formula is C20H16ClF6NO3S. The fraction of sp³-hybridized carbons (Fsp3) is 0.350. The van der Waals surface area contributed by atoms with Crippen LogP contribution >= 0.6 is 11.6 Å². The molecule has 0 saturated heterocycles. The third-order valence-electron chi connectivity index (χ3n) is 5.24. The normalized spacial score (nSPS) is 21.9. The third-order valence-corrected chi connectivity index (χ3v) is 7.76. The van der Waals surface area contributed by atoms with Gasteiger partial charge in [-0.3, -0.25) is 4.79 Å². The molecule has 12 heteroatoms. The fourth-order valence-corrected chi connectivity index (χ4v) is 5.39. The van der Waals surface area contributed by atoms with Gasteiger partial charge in [0.15, 0.2) is 0 Å². The van der Waals surface area contributed by atoms with Crippen molar-refractivity contribution < 1.29 is 39.6 Å². The minimum atomic E-state index is -5.01. The summed E-state index contributed by atoms with van der Waals surface area (Å²) in [4.78, 5) is 11.2. The van der Waals surface area contributed by atoms with Crippen LogP contribution in [0.2, 0.25) is 5.02 Å². The van der Waals surface area contributed by atoms with Gasteiger partial charge in [-0.05, 0) is 62.1 Å². The number of hydrogen-bond acceptors (Lipinski definition) is 3. The van der Waals surface area contributed by atoms with Crippen LogP contribution in [0.5, 0.6) is 0 Å². The first-order chi connectivity index (χ1) is 14.7. The number of benzene rings is 2. The van der Waals surface area contributed by atoms with Gasteiger partial charge in [0.25, 0.3) is 5.91 Å². The standard InChI is InChI=1S/C20H16ClF6NO3S/c21-16-7-11(1-2-17(16)23)18(29)28-14-3-5-19(24,6-4-14)32(30,31)15-9-12(20(25,26)27)8-13(22)10-15/h1-2,7-10,14H,3-6H2,(H,28,29)/t14-,19-. The first kappa shape index (κ1) is 24.4. The largest absolute Gasteiger partial charge is 0.416 e. The van der Waals surface area contributed by atoms with Gasteiger partial charge in [0.1, 0.15) is 11.6 Å². The Hall–Kier alpha value is -2.27. The third kappa shape index (κ3) is 4.88. The molecule has 32 heavy (non-hydrogen) atoms. The van der Waals surface area contributed by atoms with Crippen molar-refractivity contribution in [2.75, 3.05) is 0 Å². The van der Waals surface area contributed by atoms with Gasteiger partial charge in [-0.2, -0.15) is 13.2 Å². The quantitative estimate of drug-likeness (QED) is 0.569. The lowest BCUT2D eigenvalue weighted by Crippen LogP contribution is -2.45. The smallest absolute Gasteiger partial charge is 0.349 e. The van der Waals surface area contributed by atoms with Crippen LogP contribution in [0.4, 0.5) is 26.3 Å². The van der Waals surface area contributed by atoms with Crippen molar-refractivity contribution in [1.82, 2.24) is 5.32 Å². The molecule has 0 unspecified atom stereocenters. The lowest BCUT2D eigenvalue weighted by atomic mass is 9.93. The first-order valence-corrected chi connectivity index (χ1v) is 11.2.